The molecule has 8 heteroatoms. The molecule has 0 radical (unpaired) electrons. The summed E-state index contributed by atoms with van der Waals surface area (Å²) in [7, 11) is 0. The topological polar surface area (TPSA) is 81.4 Å². The van der Waals surface area contributed by atoms with Crippen LogP contribution in [0.4, 0.5) is 5.00 Å². The second-order valence-electron chi connectivity index (χ2n) is 6.10. The number of halogens is 1. The number of hydrogen-bond acceptors (Lipinski definition) is 6. The molecule has 0 unspecified atom stereocenters. The molecule has 0 atom stereocenters. The number of benzene rings is 1. The monoisotopic (exact) mass is 418 g/mol. The third-order valence-electron chi connectivity index (χ3n) is 4.31. The predicted octanol–water partition coefficient (Wildman–Crippen LogP) is 5.41. The first kappa shape index (κ1) is 20.1. The molecule has 28 heavy (non-hydrogen) atoms. The van der Waals surface area contributed by atoms with Crippen LogP contribution in [0.5, 0.6) is 0 Å². The molecule has 0 bridgehead atoms. The number of aryl methyl sites for hydroxylation is 2. The maximum Gasteiger partial charge on any atom is 0.341 e. The molecule has 1 N–H and O–H groups in total. The van der Waals surface area contributed by atoms with Crippen LogP contribution in [0.3, 0.4) is 0 Å². The number of rotatable bonds is 5. The van der Waals surface area contributed by atoms with Crippen LogP contribution in [0.15, 0.2) is 28.8 Å². The SMILES string of the molecule is CCOC(=O)c1c(NC(=O)c2c(-c3ccccc3Cl)noc2C)sc(C)c1C. The van der Waals surface area contributed by atoms with E-state index >= 15 is 0 Å². The summed E-state index contributed by atoms with van der Waals surface area (Å²) >= 11 is 7.58. The Hall–Kier alpha value is -2.64. The Bertz CT molecular complexity index is 1050. The van der Waals surface area contributed by atoms with Gasteiger partial charge < -0.3 is 14.6 Å². The van der Waals surface area contributed by atoms with Crippen molar-refractivity contribution in [2.45, 2.75) is 27.7 Å². The Morgan fingerprint density at radius 2 is 1.93 bits per heavy atom. The van der Waals surface area contributed by atoms with Gasteiger partial charge in [0.2, 0.25) is 0 Å². The van der Waals surface area contributed by atoms with Crippen molar-refractivity contribution in [1.29, 1.82) is 0 Å². The van der Waals surface area contributed by atoms with E-state index < -0.39 is 11.9 Å². The maximum atomic E-state index is 13.1. The number of anilines is 1. The molecule has 1 amide bonds. The van der Waals surface area contributed by atoms with Crippen LogP contribution in [-0.2, 0) is 4.74 Å². The number of nitrogens with zero attached hydrogens (tertiary/aromatic N) is 1. The van der Waals surface area contributed by atoms with Gasteiger partial charge in [0, 0.05) is 10.4 Å². The number of thiophene rings is 1. The van der Waals surface area contributed by atoms with E-state index in [9.17, 15) is 9.59 Å². The molecule has 2 aromatic heterocycles. The van der Waals surface area contributed by atoms with E-state index in [0.717, 1.165) is 10.4 Å². The van der Waals surface area contributed by atoms with Gasteiger partial charge in [-0.2, -0.15) is 0 Å². The van der Waals surface area contributed by atoms with Gasteiger partial charge in [0.25, 0.3) is 5.91 Å². The number of nitrogens with one attached hydrogen (secondary N) is 1. The van der Waals surface area contributed by atoms with E-state index in [2.05, 4.69) is 10.5 Å². The van der Waals surface area contributed by atoms with Crippen molar-refractivity contribution < 1.29 is 18.8 Å². The van der Waals surface area contributed by atoms with Crippen LogP contribution in [0.25, 0.3) is 11.3 Å². The average Bonchev–Trinajstić information content (AvgIpc) is 3.15. The molecular formula is C20H19ClN2O4S. The summed E-state index contributed by atoms with van der Waals surface area (Å²) in [5, 5.41) is 7.72. The van der Waals surface area contributed by atoms with Crippen LogP contribution < -0.4 is 5.32 Å². The molecule has 0 fully saturated rings. The van der Waals surface area contributed by atoms with Gasteiger partial charge in [-0.1, -0.05) is 35.0 Å². The largest absolute Gasteiger partial charge is 0.462 e. The number of ether oxygens (including phenoxy) is 1. The van der Waals surface area contributed by atoms with Crippen molar-refractivity contribution >= 4 is 39.8 Å². The van der Waals surface area contributed by atoms with Gasteiger partial charge in [0.15, 0.2) is 0 Å². The number of amides is 1. The predicted molar refractivity (Wildman–Crippen MR) is 109 cm³/mol. The highest BCUT2D eigenvalue weighted by Gasteiger charge is 2.27. The Morgan fingerprint density at radius 1 is 1.21 bits per heavy atom. The van der Waals surface area contributed by atoms with Crippen LogP contribution in [-0.4, -0.2) is 23.6 Å². The lowest BCUT2D eigenvalue weighted by molar-refractivity contribution is 0.0527. The fraction of sp³-hybridized carbons (Fsp3) is 0.250. The molecule has 6 nitrogen and oxygen atoms in total. The minimum atomic E-state index is -0.465. The molecule has 0 aliphatic rings. The van der Waals surface area contributed by atoms with Crippen molar-refractivity contribution in [3.05, 3.63) is 56.6 Å². The summed E-state index contributed by atoms with van der Waals surface area (Å²) in [6, 6.07) is 7.08. The third kappa shape index (κ3) is 3.68. The summed E-state index contributed by atoms with van der Waals surface area (Å²) < 4.78 is 10.4. The molecule has 0 spiro atoms. The zero-order valence-electron chi connectivity index (χ0n) is 15.9. The second-order valence-corrected chi connectivity index (χ2v) is 7.74. The summed E-state index contributed by atoms with van der Waals surface area (Å²) in [6.45, 7) is 7.36. The first-order valence-electron chi connectivity index (χ1n) is 8.64. The molecule has 146 valence electrons. The zero-order valence-corrected chi connectivity index (χ0v) is 17.5. The van der Waals surface area contributed by atoms with Crippen molar-refractivity contribution in [3.8, 4) is 11.3 Å². The normalized spacial score (nSPS) is 10.8. The smallest absolute Gasteiger partial charge is 0.341 e. The lowest BCUT2D eigenvalue weighted by Gasteiger charge is -2.08. The quantitative estimate of drug-likeness (QED) is 0.560. The van der Waals surface area contributed by atoms with Gasteiger partial charge in [0.1, 0.15) is 22.0 Å². The molecule has 0 aliphatic heterocycles. The van der Waals surface area contributed by atoms with Crippen molar-refractivity contribution in [2.75, 3.05) is 11.9 Å². The van der Waals surface area contributed by atoms with Gasteiger partial charge in [-0.25, -0.2) is 4.79 Å². The minimum Gasteiger partial charge on any atom is -0.462 e. The fourth-order valence-electron chi connectivity index (χ4n) is 2.81. The zero-order chi connectivity index (χ0) is 20.4. The van der Waals surface area contributed by atoms with Crippen LogP contribution in [0, 0.1) is 20.8 Å². The second kappa shape index (κ2) is 8.16. The molecule has 0 saturated heterocycles. The Kier molecular flexibility index (Phi) is 5.86. The number of esters is 1. The molecule has 1 aromatic carbocycles. The maximum absolute atomic E-state index is 13.1. The first-order chi connectivity index (χ1) is 13.3. The highest BCUT2D eigenvalue weighted by Crippen LogP contribution is 2.35. The summed E-state index contributed by atoms with van der Waals surface area (Å²) in [5.41, 5.74) is 2.36. The Balaban J connectivity index is 2.00. The summed E-state index contributed by atoms with van der Waals surface area (Å²) in [6.07, 6.45) is 0. The van der Waals surface area contributed by atoms with Crippen LogP contribution in [0.2, 0.25) is 5.02 Å². The van der Waals surface area contributed by atoms with E-state index in [1.165, 1.54) is 11.3 Å². The Labute approximate surface area is 171 Å². The van der Waals surface area contributed by atoms with Crippen molar-refractivity contribution in [2.24, 2.45) is 0 Å². The highest BCUT2D eigenvalue weighted by atomic mass is 35.5. The average molecular weight is 419 g/mol. The fourth-order valence-corrected chi connectivity index (χ4v) is 4.08. The Morgan fingerprint density at radius 3 is 2.61 bits per heavy atom. The molecule has 2 heterocycles. The van der Waals surface area contributed by atoms with Gasteiger partial charge in [-0.05, 0) is 39.3 Å². The lowest BCUT2D eigenvalue weighted by atomic mass is 10.1. The standard InChI is InChI=1S/C20H19ClN2O4S/c1-5-26-20(25)15-10(2)12(4)28-19(15)22-18(24)16-11(3)27-23-17(16)13-8-6-7-9-14(13)21/h6-9H,5H2,1-4H3,(H,22,24). The molecule has 3 aromatic rings. The van der Waals surface area contributed by atoms with Gasteiger partial charge in [0.05, 0.1) is 17.2 Å². The molecule has 0 aliphatic carbocycles. The van der Waals surface area contributed by atoms with E-state index in [0.29, 0.717) is 32.6 Å². The number of hydrogen-bond donors (Lipinski definition) is 1. The van der Waals surface area contributed by atoms with Crippen LogP contribution >= 0.6 is 22.9 Å². The molecule has 0 saturated carbocycles. The van der Waals surface area contributed by atoms with E-state index in [4.69, 9.17) is 20.9 Å². The van der Waals surface area contributed by atoms with Crippen LogP contribution in [0.1, 0.15) is 43.8 Å². The third-order valence-corrected chi connectivity index (χ3v) is 5.76. The van der Waals surface area contributed by atoms with E-state index in [-0.39, 0.29) is 12.2 Å². The van der Waals surface area contributed by atoms with E-state index in [1.54, 1.807) is 38.1 Å². The summed E-state index contributed by atoms with van der Waals surface area (Å²) in [5.74, 6) is -0.538. The number of carbonyl (C=O) groups is 2. The van der Waals surface area contributed by atoms with Gasteiger partial charge >= 0.3 is 5.97 Å². The first-order valence-corrected chi connectivity index (χ1v) is 9.84. The van der Waals surface area contributed by atoms with Gasteiger partial charge in [-0.15, -0.1) is 11.3 Å². The lowest BCUT2D eigenvalue weighted by Crippen LogP contribution is -2.16. The number of aromatic nitrogens is 1. The van der Waals surface area contributed by atoms with Gasteiger partial charge in [-0.3, -0.25) is 4.79 Å². The molecule has 3 rings (SSSR count). The molecular weight excluding hydrogens is 400 g/mol. The van der Waals surface area contributed by atoms with Crippen molar-refractivity contribution in [1.82, 2.24) is 5.16 Å². The summed E-state index contributed by atoms with van der Waals surface area (Å²) in [4.78, 5) is 26.3. The minimum absolute atomic E-state index is 0.252. The van der Waals surface area contributed by atoms with E-state index in [1.807, 2.05) is 13.8 Å². The highest BCUT2D eigenvalue weighted by molar-refractivity contribution is 7.16. The number of carbonyl (C=O) groups excluding carboxylic acids is 2. The van der Waals surface area contributed by atoms with Crippen molar-refractivity contribution in [3.63, 3.8) is 0 Å².